The fraction of sp³-hybridized carbons (Fsp3) is 0.538. The zero-order valence-electron chi connectivity index (χ0n) is 10.7. The highest BCUT2D eigenvalue weighted by atomic mass is 35.5. The molecule has 98 valence electrons. The van der Waals surface area contributed by atoms with Crippen LogP contribution in [0.25, 0.3) is 0 Å². The van der Waals surface area contributed by atoms with Gasteiger partial charge >= 0.3 is 0 Å². The van der Waals surface area contributed by atoms with E-state index < -0.39 is 0 Å². The van der Waals surface area contributed by atoms with E-state index in [0.29, 0.717) is 11.2 Å². The number of nitrogens with zero attached hydrogens (tertiary/aromatic N) is 2. The van der Waals surface area contributed by atoms with E-state index in [4.69, 9.17) is 11.6 Å². The van der Waals surface area contributed by atoms with Crippen molar-refractivity contribution >= 4 is 23.2 Å². The number of carbonyl (C=O) groups excluding carboxylic acids is 1. The highest BCUT2D eigenvalue weighted by Crippen LogP contribution is 2.20. The molecule has 1 aliphatic heterocycles. The number of aryl methyl sites for hydroxylation is 1. The van der Waals surface area contributed by atoms with Crippen LogP contribution in [0.4, 0.5) is 5.69 Å². The average Bonchev–Trinajstić information content (AvgIpc) is 2.34. The van der Waals surface area contributed by atoms with Crippen LogP contribution in [0.15, 0.2) is 12.3 Å². The number of hydrogen-bond acceptors (Lipinski definition) is 3. The van der Waals surface area contributed by atoms with Crippen molar-refractivity contribution in [2.45, 2.75) is 32.7 Å². The first-order valence-corrected chi connectivity index (χ1v) is 6.58. The Kier molecular flexibility index (Phi) is 4.07. The van der Waals surface area contributed by atoms with E-state index >= 15 is 0 Å². The van der Waals surface area contributed by atoms with Gasteiger partial charge in [-0.1, -0.05) is 11.6 Å². The summed E-state index contributed by atoms with van der Waals surface area (Å²) in [5.41, 5.74) is 1.97. The SMILES string of the molecule is CC(=O)N1CCC(Nc2cnc(Cl)c(C)c2)CC1. The van der Waals surface area contributed by atoms with Crippen LogP contribution in [0.1, 0.15) is 25.3 Å². The number of hydrogen-bond donors (Lipinski definition) is 1. The van der Waals surface area contributed by atoms with Crippen LogP contribution in [0.5, 0.6) is 0 Å². The Morgan fingerprint density at radius 3 is 2.72 bits per heavy atom. The normalized spacial score (nSPS) is 16.7. The topological polar surface area (TPSA) is 45.2 Å². The van der Waals surface area contributed by atoms with Gasteiger partial charge in [0.15, 0.2) is 0 Å². The summed E-state index contributed by atoms with van der Waals surface area (Å²) in [7, 11) is 0. The van der Waals surface area contributed by atoms with E-state index in [1.807, 2.05) is 17.9 Å². The largest absolute Gasteiger partial charge is 0.381 e. The van der Waals surface area contributed by atoms with Crippen LogP contribution >= 0.6 is 11.6 Å². The van der Waals surface area contributed by atoms with Gasteiger partial charge in [0, 0.05) is 26.1 Å². The number of halogens is 1. The number of pyridine rings is 1. The van der Waals surface area contributed by atoms with Gasteiger partial charge < -0.3 is 10.2 Å². The lowest BCUT2D eigenvalue weighted by Crippen LogP contribution is -2.41. The molecule has 0 aliphatic carbocycles. The number of likely N-dealkylation sites (tertiary alicyclic amines) is 1. The second kappa shape index (κ2) is 5.57. The first kappa shape index (κ1) is 13.1. The Bertz CT molecular complexity index is 442. The van der Waals surface area contributed by atoms with Crippen LogP contribution in [0, 0.1) is 6.92 Å². The van der Waals surface area contributed by atoms with Gasteiger partial charge in [-0.15, -0.1) is 0 Å². The molecule has 1 aromatic rings. The van der Waals surface area contributed by atoms with E-state index in [1.54, 1.807) is 13.1 Å². The molecule has 1 N–H and O–H groups in total. The molecule has 18 heavy (non-hydrogen) atoms. The Balaban J connectivity index is 1.91. The van der Waals surface area contributed by atoms with Crippen molar-refractivity contribution in [3.63, 3.8) is 0 Å². The highest BCUT2D eigenvalue weighted by Gasteiger charge is 2.20. The first-order valence-electron chi connectivity index (χ1n) is 6.20. The second-order valence-electron chi connectivity index (χ2n) is 4.76. The standard InChI is InChI=1S/C13H18ClN3O/c1-9-7-12(8-15-13(9)14)16-11-3-5-17(6-4-11)10(2)18/h7-8,11,16H,3-6H2,1-2H3. The molecular formula is C13H18ClN3O. The van der Waals surface area contributed by atoms with Crippen molar-refractivity contribution in [1.29, 1.82) is 0 Å². The molecule has 1 saturated heterocycles. The molecule has 0 bridgehead atoms. The van der Waals surface area contributed by atoms with Gasteiger partial charge in [0.25, 0.3) is 0 Å². The summed E-state index contributed by atoms with van der Waals surface area (Å²) < 4.78 is 0. The minimum Gasteiger partial charge on any atom is -0.381 e. The predicted molar refractivity (Wildman–Crippen MR) is 72.9 cm³/mol. The van der Waals surface area contributed by atoms with Gasteiger partial charge in [-0.3, -0.25) is 4.79 Å². The van der Waals surface area contributed by atoms with Gasteiger partial charge in [-0.2, -0.15) is 0 Å². The fourth-order valence-electron chi connectivity index (χ4n) is 2.21. The van der Waals surface area contributed by atoms with E-state index in [2.05, 4.69) is 10.3 Å². The highest BCUT2D eigenvalue weighted by molar-refractivity contribution is 6.30. The Labute approximate surface area is 112 Å². The second-order valence-corrected chi connectivity index (χ2v) is 5.11. The third kappa shape index (κ3) is 3.13. The lowest BCUT2D eigenvalue weighted by Gasteiger charge is -2.32. The quantitative estimate of drug-likeness (QED) is 0.838. The van der Waals surface area contributed by atoms with Crippen molar-refractivity contribution < 1.29 is 4.79 Å². The zero-order valence-corrected chi connectivity index (χ0v) is 11.5. The van der Waals surface area contributed by atoms with Gasteiger partial charge in [-0.05, 0) is 31.4 Å². The first-order chi connectivity index (χ1) is 8.56. The number of rotatable bonds is 2. The minimum atomic E-state index is 0.164. The third-order valence-corrected chi connectivity index (χ3v) is 3.72. The fourth-order valence-corrected chi connectivity index (χ4v) is 2.31. The minimum absolute atomic E-state index is 0.164. The maximum atomic E-state index is 11.2. The van der Waals surface area contributed by atoms with Gasteiger partial charge in [0.05, 0.1) is 11.9 Å². The van der Waals surface area contributed by atoms with Crippen molar-refractivity contribution in [2.24, 2.45) is 0 Å². The molecule has 2 heterocycles. The molecule has 0 aromatic carbocycles. The molecule has 1 aliphatic rings. The third-order valence-electron chi connectivity index (χ3n) is 3.33. The molecular weight excluding hydrogens is 250 g/mol. The van der Waals surface area contributed by atoms with E-state index in [1.165, 1.54) is 0 Å². The lowest BCUT2D eigenvalue weighted by atomic mass is 10.0. The van der Waals surface area contributed by atoms with Crippen LogP contribution in [-0.2, 0) is 4.79 Å². The van der Waals surface area contributed by atoms with Crippen LogP contribution in [0.2, 0.25) is 5.15 Å². The van der Waals surface area contributed by atoms with Crippen molar-refractivity contribution in [2.75, 3.05) is 18.4 Å². The molecule has 0 unspecified atom stereocenters. The van der Waals surface area contributed by atoms with Crippen LogP contribution < -0.4 is 5.32 Å². The summed E-state index contributed by atoms with van der Waals surface area (Å²) in [6.45, 7) is 5.22. The summed E-state index contributed by atoms with van der Waals surface area (Å²) >= 11 is 5.89. The molecule has 1 amide bonds. The van der Waals surface area contributed by atoms with Crippen molar-refractivity contribution in [1.82, 2.24) is 9.88 Å². The maximum absolute atomic E-state index is 11.2. The van der Waals surface area contributed by atoms with Crippen LogP contribution in [-0.4, -0.2) is 34.9 Å². The molecule has 0 atom stereocenters. The Morgan fingerprint density at radius 2 is 2.17 bits per heavy atom. The van der Waals surface area contributed by atoms with E-state index in [-0.39, 0.29) is 5.91 Å². The number of carbonyl (C=O) groups is 1. The van der Waals surface area contributed by atoms with Gasteiger partial charge in [0.1, 0.15) is 5.15 Å². The Hall–Kier alpha value is -1.29. The number of nitrogens with one attached hydrogen (secondary N) is 1. The summed E-state index contributed by atoms with van der Waals surface area (Å²) in [6, 6.07) is 2.41. The zero-order chi connectivity index (χ0) is 13.1. The summed E-state index contributed by atoms with van der Waals surface area (Å²) in [5, 5.41) is 4.00. The average molecular weight is 268 g/mol. The number of amides is 1. The number of piperidine rings is 1. The number of anilines is 1. The maximum Gasteiger partial charge on any atom is 0.219 e. The molecule has 1 aromatic heterocycles. The van der Waals surface area contributed by atoms with Gasteiger partial charge in [-0.25, -0.2) is 4.98 Å². The van der Waals surface area contributed by atoms with E-state index in [0.717, 1.165) is 37.2 Å². The lowest BCUT2D eigenvalue weighted by molar-refractivity contribution is -0.129. The van der Waals surface area contributed by atoms with Crippen LogP contribution in [0.3, 0.4) is 0 Å². The molecule has 0 radical (unpaired) electrons. The summed E-state index contributed by atoms with van der Waals surface area (Å²) in [6.07, 6.45) is 3.70. The summed E-state index contributed by atoms with van der Waals surface area (Å²) in [5.74, 6) is 0.164. The van der Waals surface area contributed by atoms with Crippen molar-refractivity contribution in [3.05, 3.63) is 23.0 Å². The predicted octanol–water partition coefficient (Wildman–Crippen LogP) is 2.47. The molecule has 2 rings (SSSR count). The summed E-state index contributed by atoms with van der Waals surface area (Å²) in [4.78, 5) is 17.2. The monoisotopic (exact) mass is 267 g/mol. The number of aromatic nitrogens is 1. The molecule has 0 saturated carbocycles. The van der Waals surface area contributed by atoms with E-state index in [9.17, 15) is 4.79 Å². The molecule has 5 heteroatoms. The molecule has 1 fully saturated rings. The smallest absolute Gasteiger partial charge is 0.219 e. The molecule has 0 spiro atoms. The van der Waals surface area contributed by atoms with Crippen molar-refractivity contribution in [3.8, 4) is 0 Å². The molecule has 4 nitrogen and oxygen atoms in total. The Morgan fingerprint density at radius 1 is 1.50 bits per heavy atom. The van der Waals surface area contributed by atoms with Gasteiger partial charge in [0.2, 0.25) is 5.91 Å².